The Kier molecular flexibility index (Phi) is 3.18. The van der Waals surface area contributed by atoms with E-state index >= 15 is 0 Å². The summed E-state index contributed by atoms with van der Waals surface area (Å²) in [5.74, 6) is 1.14. The Morgan fingerprint density at radius 2 is 2.18 bits per heavy atom. The molecule has 6 heteroatoms. The molecule has 3 rings (SSSR count). The van der Waals surface area contributed by atoms with Crippen LogP contribution in [0.25, 0.3) is 0 Å². The quantitative estimate of drug-likeness (QED) is 0.782. The molecule has 5 nitrogen and oxygen atoms in total. The molecule has 0 radical (unpaired) electrons. The molecule has 1 aliphatic carbocycles. The van der Waals surface area contributed by atoms with Crippen molar-refractivity contribution in [2.75, 3.05) is 11.9 Å². The fourth-order valence-corrected chi connectivity index (χ4v) is 2.94. The third kappa shape index (κ3) is 2.13. The smallest absolute Gasteiger partial charge is 0.223 e. The highest BCUT2D eigenvalue weighted by atomic mass is 127. The first-order valence-electron chi connectivity index (χ1n) is 5.87. The molecule has 4 unspecified atom stereocenters. The van der Waals surface area contributed by atoms with Gasteiger partial charge in [0, 0.05) is 34.5 Å². The van der Waals surface area contributed by atoms with E-state index < -0.39 is 0 Å². The number of ether oxygens (including phenoxy) is 1. The summed E-state index contributed by atoms with van der Waals surface area (Å²) in [6.45, 7) is 0.847. The molecule has 3 N–H and O–H groups in total. The van der Waals surface area contributed by atoms with Gasteiger partial charge in [-0.1, -0.05) is 0 Å². The van der Waals surface area contributed by atoms with Gasteiger partial charge in [-0.15, -0.1) is 0 Å². The van der Waals surface area contributed by atoms with Gasteiger partial charge in [0.25, 0.3) is 0 Å². The van der Waals surface area contributed by atoms with Crippen molar-refractivity contribution in [3.63, 3.8) is 0 Å². The Bertz CT molecular complexity index is 399. The van der Waals surface area contributed by atoms with Gasteiger partial charge in [-0.05, 0) is 35.4 Å². The number of aromatic nitrogens is 2. The summed E-state index contributed by atoms with van der Waals surface area (Å²) in [5.41, 5.74) is 6.16. The number of hydrogen-bond donors (Lipinski definition) is 2. The van der Waals surface area contributed by atoms with Crippen molar-refractivity contribution >= 4 is 28.5 Å². The Labute approximate surface area is 114 Å². The molecule has 1 aromatic rings. The Morgan fingerprint density at radius 3 is 2.94 bits per heavy atom. The van der Waals surface area contributed by atoms with Gasteiger partial charge in [0.2, 0.25) is 5.95 Å². The number of rotatable bonds is 2. The van der Waals surface area contributed by atoms with Crippen molar-refractivity contribution in [3.8, 4) is 0 Å². The second kappa shape index (κ2) is 4.66. The van der Waals surface area contributed by atoms with Crippen LogP contribution >= 0.6 is 22.6 Å². The minimum atomic E-state index is 0.153. The van der Waals surface area contributed by atoms with Gasteiger partial charge < -0.3 is 15.8 Å². The predicted molar refractivity (Wildman–Crippen MR) is 72.6 cm³/mol. The molecule has 1 aromatic heterocycles. The molecular formula is C11H15IN4O. The van der Waals surface area contributed by atoms with Gasteiger partial charge in [0.15, 0.2) is 0 Å². The van der Waals surface area contributed by atoms with E-state index in [9.17, 15) is 0 Å². The zero-order chi connectivity index (χ0) is 11.8. The van der Waals surface area contributed by atoms with E-state index in [0.29, 0.717) is 11.9 Å². The standard InChI is InChI=1S/C11H15IN4O/c12-6-4-14-11(15-5-6)16-9-8(13)7-2-1-3-17-10(7)9/h4-5,7-10H,1-3,13H2,(H,14,15,16). The van der Waals surface area contributed by atoms with Crippen LogP contribution in [0.4, 0.5) is 5.95 Å². The van der Waals surface area contributed by atoms with E-state index in [4.69, 9.17) is 10.5 Å². The molecule has 92 valence electrons. The van der Waals surface area contributed by atoms with Gasteiger partial charge in [-0.25, -0.2) is 9.97 Å². The molecule has 0 amide bonds. The molecular weight excluding hydrogens is 331 g/mol. The molecule has 0 aromatic carbocycles. The van der Waals surface area contributed by atoms with Gasteiger partial charge >= 0.3 is 0 Å². The first kappa shape index (κ1) is 11.6. The maximum atomic E-state index is 6.16. The SMILES string of the molecule is NC1C2CCCOC2C1Nc1ncc(I)cn1. The number of hydrogen-bond acceptors (Lipinski definition) is 5. The van der Waals surface area contributed by atoms with Crippen molar-refractivity contribution in [1.82, 2.24) is 9.97 Å². The monoisotopic (exact) mass is 346 g/mol. The predicted octanol–water partition coefficient (Wildman–Crippen LogP) is 0.998. The van der Waals surface area contributed by atoms with Gasteiger partial charge in [0.05, 0.1) is 12.1 Å². The summed E-state index contributed by atoms with van der Waals surface area (Å²) in [4.78, 5) is 8.46. The summed E-state index contributed by atoms with van der Waals surface area (Å²) in [7, 11) is 0. The summed E-state index contributed by atoms with van der Waals surface area (Å²) in [6, 6.07) is 0.309. The highest BCUT2D eigenvalue weighted by molar-refractivity contribution is 14.1. The second-order valence-electron chi connectivity index (χ2n) is 4.61. The van der Waals surface area contributed by atoms with Crippen molar-refractivity contribution in [2.24, 2.45) is 11.7 Å². The molecule has 1 aliphatic heterocycles. The maximum absolute atomic E-state index is 6.16. The van der Waals surface area contributed by atoms with E-state index in [1.807, 2.05) is 0 Å². The number of nitrogens with zero attached hydrogens (tertiary/aromatic N) is 2. The van der Waals surface area contributed by atoms with Gasteiger partial charge in [0.1, 0.15) is 0 Å². The summed E-state index contributed by atoms with van der Waals surface area (Å²) in [6.07, 6.45) is 6.12. The van der Waals surface area contributed by atoms with Crippen LogP contribution in [0, 0.1) is 9.49 Å². The molecule has 0 spiro atoms. The summed E-state index contributed by atoms with van der Waals surface area (Å²) < 4.78 is 6.78. The van der Waals surface area contributed by atoms with E-state index in [-0.39, 0.29) is 18.2 Å². The normalized spacial score (nSPS) is 35.9. The van der Waals surface area contributed by atoms with Crippen LogP contribution in [0.1, 0.15) is 12.8 Å². The Balaban J connectivity index is 1.67. The second-order valence-corrected chi connectivity index (χ2v) is 5.86. The lowest BCUT2D eigenvalue weighted by Gasteiger charge is -2.52. The van der Waals surface area contributed by atoms with Crippen molar-refractivity contribution in [1.29, 1.82) is 0 Å². The topological polar surface area (TPSA) is 73.1 Å². The molecule has 0 bridgehead atoms. The van der Waals surface area contributed by atoms with Crippen LogP contribution in [0.15, 0.2) is 12.4 Å². The van der Waals surface area contributed by atoms with Crippen molar-refractivity contribution in [2.45, 2.75) is 31.0 Å². The first-order valence-corrected chi connectivity index (χ1v) is 6.95. The van der Waals surface area contributed by atoms with E-state index in [1.165, 1.54) is 6.42 Å². The molecule has 1 saturated heterocycles. The molecule has 2 fully saturated rings. The largest absolute Gasteiger partial charge is 0.376 e. The van der Waals surface area contributed by atoms with Crippen LogP contribution in [0.3, 0.4) is 0 Å². The molecule has 4 atom stereocenters. The molecule has 17 heavy (non-hydrogen) atoms. The number of anilines is 1. The Morgan fingerprint density at radius 1 is 1.41 bits per heavy atom. The van der Waals surface area contributed by atoms with E-state index in [1.54, 1.807) is 12.4 Å². The van der Waals surface area contributed by atoms with Crippen molar-refractivity contribution < 1.29 is 4.74 Å². The highest BCUT2D eigenvalue weighted by Gasteiger charge is 2.50. The van der Waals surface area contributed by atoms with Crippen LogP contribution in [-0.4, -0.2) is 34.8 Å². The molecule has 2 aliphatic rings. The molecule has 1 saturated carbocycles. The maximum Gasteiger partial charge on any atom is 0.223 e. The third-order valence-electron chi connectivity index (χ3n) is 3.59. The van der Waals surface area contributed by atoms with Crippen LogP contribution in [0.5, 0.6) is 0 Å². The lowest BCUT2D eigenvalue weighted by atomic mass is 9.69. The average Bonchev–Trinajstić information content (AvgIpc) is 2.37. The van der Waals surface area contributed by atoms with Crippen LogP contribution in [0.2, 0.25) is 0 Å². The zero-order valence-corrected chi connectivity index (χ0v) is 11.5. The lowest BCUT2D eigenvalue weighted by Crippen LogP contribution is -2.69. The van der Waals surface area contributed by atoms with Gasteiger partial charge in [-0.2, -0.15) is 0 Å². The van der Waals surface area contributed by atoms with Crippen molar-refractivity contribution in [3.05, 3.63) is 16.0 Å². The number of fused-ring (bicyclic) bond motifs is 1. The van der Waals surface area contributed by atoms with Gasteiger partial charge in [-0.3, -0.25) is 0 Å². The first-order chi connectivity index (χ1) is 8.25. The fraction of sp³-hybridized carbons (Fsp3) is 0.636. The van der Waals surface area contributed by atoms with Crippen LogP contribution in [-0.2, 0) is 4.74 Å². The molecule has 2 heterocycles. The highest BCUT2D eigenvalue weighted by Crippen LogP contribution is 2.38. The number of halogens is 1. The lowest BCUT2D eigenvalue weighted by molar-refractivity contribution is -0.104. The summed E-state index contributed by atoms with van der Waals surface area (Å²) in [5, 5.41) is 3.28. The van der Waals surface area contributed by atoms with Crippen LogP contribution < -0.4 is 11.1 Å². The minimum Gasteiger partial charge on any atom is -0.376 e. The number of nitrogens with two attached hydrogens (primary N) is 1. The average molecular weight is 346 g/mol. The minimum absolute atomic E-state index is 0.153. The Hall–Kier alpha value is -0.470. The van der Waals surface area contributed by atoms with E-state index in [0.717, 1.165) is 16.6 Å². The zero-order valence-electron chi connectivity index (χ0n) is 9.34. The van der Waals surface area contributed by atoms with E-state index in [2.05, 4.69) is 37.9 Å². The third-order valence-corrected chi connectivity index (χ3v) is 4.15. The fourth-order valence-electron chi connectivity index (χ4n) is 2.66. The number of nitrogens with one attached hydrogen (secondary N) is 1. The summed E-state index contributed by atoms with van der Waals surface area (Å²) >= 11 is 2.19.